The Morgan fingerprint density at radius 2 is 2.10 bits per heavy atom. The predicted molar refractivity (Wildman–Crippen MR) is 77.9 cm³/mol. The molecule has 1 aliphatic rings. The van der Waals surface area contributed by atoms with Crippen LogP contribution in [0.1, 0.15) is 24.8 Å². The van der Waals surface area contributed by atoms with Crippen LogP contribution in [-0.4, -0.2) is 46.6 Å². The summed E-state index contributed by atoms with van der Waals surface area (Å²) in [6.45, 7) is 0.584. The Labute approximate surface area is 124 Å². The number of carboxylic acid groups (broad SMARTS) is 1. The SMILES string of the molecule is CN(CCc1ccncc1)C(=O)NC(CC(=O)O)C1CC1. The second-order valence-electron chi connectivity index (χ2n) is 5.52. The number of carbonyl (C=O) groups excluding carboxylic acids is 1. The minimum atomic E-state index is -0.869. The maximum Gasteiger partial charge on any atom is 0.317 e. The van der Waals surface area contributed by atoms with Gasteiger partial charge in [-0.2, -0.15) is 0 Å². The Morgan fingerprint density at radius 3 is 2.67 bits per heavy atom. The summed E-state index contributed by atoms with van der Waals surface area (Å²) in [6, 6.07) is 3.38. The summed E-state index contributed by atoms with van der Waals surface area (Å²) in [6.07, 6.45) is 6.20. The highest BCUT2D eigenvalue weighted by atomic mass is 16.4. The van der Waals surface area contributed by atoms with Crippen molar-refractivity contribution in [3.63, 3.8) is 0 Å². The maximum atomic E-state index is 12.1. The first-order chi connectivity index (χ1) is 10.1. The lowest BCUT2D eigenvalue weighted by molar-refractivity contribution is -0.137. The number of rotatable bonds is 7. The van der Waals surface area contributed by atoms with Crippen LogP contribution in [0.25, 0.3) is 0 Å². The summed E-state index contributed by atoms with van der Waals surface area (Å²) in [7, 11) is 1.72. The fraction of sp³-hybridized carbons (Fsp3) is 0.533. The van der Waals surface area contributed by atoms with Crippen LogP contribution in [0, 0.1) is 5.92 Å². The van der Waals surface area contributed by atoms with E-state index in [-0.39, 0.29) is 18.5 Å². The number of likely N-dealkylation sites (N-methyl/N-ethyl adjacent to an activating group) is 1. The lowest BCUT2D eigenvalue weighted by Crippen LogP contribution is -2.45. The molecule has 6 heteroatoms. The van der Waals surface area contributed by atoms with E-state index in [9.17, 15) is 9.59 Å². The average Bonchev–Trinajstić information content (AvgIpc) is 3.29. The summed E-state index contributed by atoms with van der Waals surface area (Å²) >= 11 is 0. The average molecular weight is 291 g/mol. The molecule has 0 spiro atoms. The standard InChI is InChI=1S/C15H21N3O3/c1-18(9-6-11-4-7-16-8-5-11)15(21)17-13(10-14(19)20)12-2-3-12/h4-5,7-8,12-13H,2-3,6,9-10H2,1H3,(H,17,21)(H,19,20). The number of amides is 2. The van der Waals surface area contributed by atoms with E-state index in [2.05, 4.69) is 10.3 Å². The zero-order valence-corrected chi connectivity index (χ0v) is 12.2. The van der Waals surface area contributed by atoms with Crippen LogP contribution >= 0.6 is 0 Å². The van der Waals surface area contributed by atoms with Gasteiger partial charge in [0, 0.05) is 32.0 Å². The van der Waals surface area contributed by atoms with E-state index >= 15 is 0 Å². The molecule has 0 radical (unpaired) electrons. The van der Waals surface area contributed by atoms with Crippen molar-refractivity contribution in [1.29, 1.82) is 0 Å². The first kappa shape index (κ1) is 15.3. The van der Waals surface area contributed by atoms with E-state index in [1.165, 1.54) is 0 Å². The molecule has 21 heavy (non-hydrogen) atoms. The third-order valence-corrected chi connectivity index (χ3v) is 3.73. The monoisotopic (exact) mass is 291 g/mol. The van der Waals surface area contributed by atoms with E-state index < -0.39 is 5.97 Å². The van der Waals surface area contributed by atoms with Crippen molar-refractivity contribution < 1.29 is 14.7 Å². The molecule has 1 atom stereocenters. The molecule has 2 N–H and O–H groups in total. The molecule has 1 aromatic rings. The molecule has 2 rings (SSSR count). The molecule has 0 aliphatic heterocycles. The van der Waals surface area contributed by atoms with Crippen LogP contribution < -0.4 is 5.32 Å². The lowest BCUT2D eigenvalue weighted by Gasteiger charge is -2.22. The Hall–Kier alpha value is -2.11. The molecule has 1 unspecified atom stereocenters. The fourth-order valence-electron chi connectivity index (χ4n) is 2.24. The number of carbonyl (C=O) groups is 2. The molecule has 2 amide bonds. The van der Waals surface area contributed by atoms with Gasteiger partial charge in [0.25, 0.3) is 0 Å². The highest BCUT2D eigenvalue weighted by molar-refractivity contribution is 5.75. The number of pyridine rings is 1. The molecular formula is C15H21N3O3. The van der Waals surface area contributed by atoms with Gasteiger partial charge in [0.2, 0.25) is 0 Å². The third kappa shape index (κ3) is 5.06. The number of hydrogen-bond acceptors (Lipinski definition) is 3. The normalized spacial score (nSPS) is 15.3. The first-order valence-electron chi connectivity index (χ1n) is 7.18. The zero-order chi connectivity index (χ0) is 15.2. The van der Waals surface area contributed by atoms with Gasteiger partial charge in [-0.15, -0.1) is 0 Å². The molecule has 0 saturated heterocycles. The predicted octanol–water partition coefficient (Wildman–Crippen LogP) is 1.52. The van der Waals surface area contributed by atoms with Gasteiger partial charge < -0.3 is 15.3 Å². The Morgan fingerprint density at radius 1 is 1.43 bits per heavy atom. The molecule has 1 saturated carbocycles. The fourth-order valence-corrected chi connectivity index (χ4v) is 2.24. The molecular weight excluding hydrogens is 270 g/mol. The van der Waals surface area contributed by atoms with Crippen molar-refractivity contribution in [3.05, 3.63) is 30.1 Å². The molecule has 1 fully saturated rings. The van der Waals surface area contributed by atoms with Crippen molar-refractivity contribution in [2.75, 3.05) is 13.6 Å². The minimum Gasteiger partial charge on any atom is -0.481 e. The van der Waals surface area contributed by atoms with E-state index in [0.29, 0.717) is 12.5 Å². The number of nitrogens with zero attached hydrogens (tertiary/aromatic N) is 2. The summed E-state index contributed by atoms with van der Waals surface area (Å²) in [5, 5.41) is 11.7. The molecule has 1 heterocycles. The highest BCUT2D eigenvalue weighted by Gasteiger charge is 2.34. The zero-order valence-electron chi connectivity index (χ0n) is 12.2. The summed E-state index contributed by atoms with van der Waals surface area (Å²) in [5.74, 6) is -0.551. The van der Waals surface area contributed by atoms with Crippen molar-refractivity contribution in [3.8, 4) is 0 Å². The van der Waals surface area contributed by atoms with E-state index in [4.69, 9.17) is 5.11 Å². The molecule has 0 bridgehead atoms. The molecule has 1 aliphatic carbocycles. The van der Waals surface area contributed by atoms with E-state index in [0.717, 1.165) is 24.8 Å². The van der Waals surface area contributed by atoms with Crippen LogP contribution in [0.2, 0.25) is 0 Å². The number of aromatic nitrogens is 1. The molecule has 1 aromatic heterocycles. The third-order valence-electron chi connectivity index (χ3n) is 3.73. The van der Waals surface area contributed by atoms with Crippen LogP contribution in [0.15, 0.2) is 24.5 Å². The van der Waals surface area contributed by atoms with E-state index in [1.807, 2.05) is 12.1 Å². The first-order valence-corrected chi connectivity index (χ1v) is 7.18. The van der Waals surface area contributed by atoms with Crippen LogP contribution in [-0.2, 0) is 11.2 Å². The number of carboxylic acids is 1. The van der Waals surface area contributed by atoms with E-state index in [1.54, 1.807) is 24.3 Å². The van der Waals surface area contributed by atoms with Crippen LogP contribution in [0.3, 0.4) is 0 Å². The van der Waals surface area contributed by atoms with Crippen molar-refractivity contribution in [2.24, 2.45) is 5.92 Å². The van der Waals surface area contributed by atoms with Crippen molar-refractivity contribution >= 4 is 12.0 Å². The Kier molecular flexibility index (Phi) is 5.14. The number of urea groups is 1. The second kappa shape index (κ2) is 7.06. The van der Waals surface area contributed by atoms with Gasteiger partial charge in [-0.05, 0) is 42.9 Å². The molecule has 0 aromatic carbocycles. The number of aliphatic carboxylic acids is 1. The Balaban J connectivity index is 1.79. The highest BCUT2D eigenvalue weighted by Crippen LogP contribution is 2.34. The topological polar surface area (TPSA) is 82.5 Å². The molecule has 6 nitrogen and oxygen atoms in total. The summed E-state index contributed by atoms with van der Waals surface area (Å²) in [4.78, 5) is 28.5. The summed E-state index contributed by atoms with van der Waals surface area (Å²) in [5.41, 5.74) is 1.12. The van der Waals surface area contributed by atoms with Gasteiger partial charge in [0.15, 0.2) is 0 Å². The van der Waals surface area contributed by atoms with Crippen LogP contribution in [0.4, 0.5) is 4.79 Å². The maximum absolute atomic E-state index is 12.1. The largest absolute Gasteiger partial charge is 0.481 e. The van der Waals surface area contributed by atoms with Gasteiger partial charge in [0.05, 0.1) is 6.42 Å². The lowest BCUT2D eigenvalue weighted by atomic mass is 10.1. The summed E-state index contributed by atoms with van der Waals surface area (Å²) < 4.78 is 0. The minimum absolute atomic E-state index is 0.00536. The van der Waals surface area contributed by atoms with Crippen molar-refractivity contribution in [1.82, 2.24) is 15.2 Å². The molecule has 114 valence electrons. The van der Waals surface area contributed by atoms with Gasteiger partial charge in [-0.3, -0.25) is 9.78 Å². The number of nitrogens with one attached hydrogen (secondary N) is 1. The van der Waals surface area contributed by atoms with Crippen molar-refractivity contribution in [2.45, 2.75) is 31.7 Å². The quantitative estimate of drug-likeness (QED) is 0.798. The van der Waals surface area contributed by atoms with Gasteiger partial charge in [-0.1, -0.05) is 0 Å². The second-order valence-corrected chi connectivity index (χ2v) is 5.52. The van der Waals surface area contributed by atoms with Gasteiger partial charge in [0.1, 0.15) is 0 Å². The smallest absolute Gasteiger partial charge is 0.317 e. The number of hydrogen-bond donors (Lipinski definition) is 2. The van der Waals surface area contributed by atoms with Crippen LogP contribution in [0.5, 0.6) is 0 Å². The van der Waals surface area contributed by atoms with Gasteiger partial charge in [-0.25, -0.2) is 4.79 Å². The van der Waals surface area contributed by atoms with Gasteiger partial charge >= 0.3 is 12.0 Å². The Bertz CT molecular complexity index is 488.